The summed E-state index contributed by atoms with van der Waals surface area (Å²) in [7, 11) is 0. The van der Waals surface area contributed by atoms with E-state index >= 15 is 0 Å². The van der Waals surface area contributed by atoms with Crippen molar-refractivity contribution in [1.82, 2.24) is 10.2 Å². The molecule has 0 aromatic heterocycles. The van der Waals surface area contributed by atoms with E-state index in [1.54, 1.807) is 0 Å². The number of nitrogens with one attached hydrogen (secondary N) is 1. The highest BCUT2D eigenvalue weighted by Gasteiger charge is 2.33. The summed E-state index contributed by atoms with van der Waals surface area (Å²) < 4.78 is 39.8. The van der Waals surface area contributed by atoms with Gasteiger partial charge in [-0.25, -0.2) is 0 Å². The van der Waals surface area contributed by atoms with Crippen LogP contribution in [0, 0.1) is 13.8 Å². The van der Waals surface area contributed by atoms with E-state index in [1.807, 2.05) is 26.0 Å². The van der Waals surface area contributed by atoms with Gasteiger partial charge in [-0.2, -0.15) is 13.2 Å². The number of piperazine rings is 1. The molecule has 1 aliphatic rings. The normalized spacial score (nSPS) is 17.3. The Bertz CT molecular complexity index is 783. The first-order valence-corrected chi connectivity index (χ1v) is 9.04. The van der Waals surface area contributed by atoms with E-state index < -0.39 is 11.7 Å². The maximum atomic E-state index is 13.3. The summed E-state index contributed by atoms with van der Waals surface area (Å²) in [5.41, 5.74) is 3.03. The second kappa shape index (κ2) is 7.59. The molecular weight excluding hydrogens is 361 g/mol. The van der Waals surface area contributed by atoms with Crippen molar-refractivity contribution in [2.24, 2.45) is 0 Å². The fourth-order valence-corrected chi connectivity index (χ4v) is 3.78. The largest absolute Gasteiger partial charge is 0.416 e. The molecule has 26 heavy (non-hydrogen) atoms. The third-order valence-corrected chi connectivity index (χ3v) is 5.20. The van der Waals surface area contributed by atoms with Crippen LogP contribution in [0.1, 0.15) is 33.9 Å². The van der Waals surface area contributed by atoms with Gasteiger partial charge in [0.25, 0.3) is 0 Å². The average Bonchev–Trinajstić information content (AvgIpc) is 2.58. The Kier molecular flexibility index (Phi) is 5.61. The predicted molar refractivity (Wildman–Crippen MR) is 98.7 cm³/mol. The van der Waals surface area contributed by atoms with Crippen molar-refractivity contribution < 1.29 is 13.2 Å². The summed E-state index contributed by atoms with van der Waals surface area (Å²) in [5, 5.41) is 3.65. The molecule has 6 heteroatoms. The fraction of sp³-hybridized carbons (Fsp3) is 0.400. The van der Waals surface area contributed by atoms with Crippen molar-refractivity contribution in [2.75, 3.05) is 26.2 Å². The molecule has 1 aliphatic heterocycles. The smallest absolute Gasteiger partial charge is 0.314 e. The molecule has 1 fully saturated rings. The molecular formula is C20H22ClF3N2. The Labute approximate surface area is 157 Å². The van der Waals surface area contributed by atoms with Crippen molar-refractivity contribution in [2.45, 2.75) is 26.1 Å². The van der Waals surface area contributed by atoms with E-state index in [-0.39, 0.29) is 6.04 Å². The quantitative estimate of drug-likeness (QED) is 0.806. The molecule has 0 bridgehead atoms. The van der Waals surface area contributed by atoms with Crippen LogP contribution in [0.5, 0.6) is 0 Å². The molecule has 1 atom stereocenters. The van der Waals surface area contributed by atoms with E-state index in [9.17, 15) is 13.2 Å². The van der Waals surface area contributed by atoms with Crippen LogP contribution in [-0.2, 0) is 6.18 Å². The van der Waals surface area contributed by atoms with Crippen LogP contribution in [0.25, 0.3) is 0 Å². The second-order valence-corrected chi connectivity index (χ2v) is 7.19. The molecule has 1 N–H and O–H groups in total. The molecule has 1 saturated heterocycles. The van der Waals surface area contributed by atoms with Crippen molar-refractivity contribution in [3.8, 4) is 0 Å². The molecule has 2 nitrogen and oxygen atoms in total. The van der Waals surface area contributed by atoms with Gasteiger partial charge in [-0.15, -0.1) is 0 Å². The Balaban J connectivity index is 2.14. The minimum absolute atomic E-state index is 0.299. The number of aryl methyl sites for hydroxylation is 2. The first-order chi connectivity index (χ1) is 12.3. The van der Waals surface area contributed by atoms with E-state index in [0.717, 1.165) is 48.9 Å². The Hall–Kier alpha value is -1.56. The van der Waals surface area contributed by atoms with Crippen molar-refractivity contribution in [3.05, 3.63) is 69.2 Å². The van der Waals surface area contributed by atoms with E-state index in [0.29, 0.717) is 10.6 Å². The lowest BCUT2D eigenvalue weighted by molar-refractivity contribution is -0.137. The number of hydrogen-bond donors (Lipinski definition) is 1. The molecule has 1 heterocycles. The topological polar surface area (TPSA) is 15.3 Å². The third kappa shape index (κ3) is 4.05. The molecule has 0 amide bonds. The molecule has 1 unspecified atom stereocenters. The zero-order chi connectivity index (χ0) is 18.9. The molecule has 0 saturated carbocycles. The van der Waals surface area contributed by atoms with E-state index in [4.69, 9.17) is 11.6 Å². The highest BCUT2D eigenvalue weighted by molar-refractivity contribution is 6.31. The van der Waals surface area contributed by atoms with Gasteiger partial charge in [0, 0.05) is 31.2 Å². The minimum Gasteiger partial charge on any atom is -0.314 e. The van der Waals surface area contributed by atoms with Crippen LogP contribution in [0.3, 0.4) is 0 Å². The number of halogens is 4. The van der Waals surface area contributed by atoms with Gasteiger partial charge in [0.15, 0.2) is 0 Å². The van der Waals surface area contributed by atoms with Crippen molar-refractivity contribution in [3.63, 3.8) is 0 Å². The minimum atomic E-state index is -4.39. The van der Waals surface area contributed by atoms with Crippen LogP contribution in [0.4, 0.5) is 13.2 Å². The molecule has 0 spiro atoms. The number of rotatable bonds is 3. The number of benzene rings is 2. The Morgan fingerprint density at radius 3 is 2.31 bits per heavy atom. The summed E-state index contributed by atoms with van der Waals surface area (Å²) in [4.78, 5) is 2.20. The van der Waals surface area contributed by atoms with Gasteiger partial charge < -0.3 is 5.32 Å². The maximum absolute atomic E-state index is 13.3. The predicted octanol–water partition coefficient (Wildman–Crippen LogP) is 4.97. The first-order valence-electron chi connectivity index (χ1n) is 8.66. The number of hydrogen-bond acceptors (Lipinski definition) is 2. The Morgan fingerprint density at radius 1 is 1.00 bits per heavy atom. The van der Waals surface area contributed by atoms with Crippen molar-refractivity contribution >= 4 is 11.6 Å². The summed E-state index contributed by atoms with van der Waals surface area (Å²) in [6.45, 7) is 7.12. The molecule has 2 aromatic rings. The van der Waals surface area contributed by atoms with Crippen LogP contribution < -0.4 is 5.32 Å². The van der Waals surface area contributed by atoms with Crippen LogP contribution in [0.15, 0.2) is 36.4 Å². The van der Waals surface area contributed by atoms with Crippen molar-refractivity contribution in [1.29, 1.82) is 0 Å². The molecule has 140 valence electrons. The SMILES string of the molecule is Cc1ccc(C(c2cc(C(F)(F)F)ccc2Cl)N2CCNCC2)c(C)c1. The van der Waals surface area contributed by atoms with Crippen LogP contribution in [-0.4, -0.2) is 31.1 Å². The number of alkyl halides is 3. The van der Waals surface area contributed by atoms with Gasteiger partial charge >= 0.3 is 6.18 Å². The summed E-state index contributed by atoms with van der Waals surface area (Å²) in [5.74, 6) is 0. The van der Waals surface area contributed by atoms with Gasteiger partial charge in [0.2, 0.25) is 0 Å². The average molecular weight is 383 g/mol. The highest BCUT2D eigenvalue weighted by atomic mass is 35.5. The van der Waals surface area contributed by atoms with E-state index in [1.165, 1.54) is 12.1 Å². The second-order valence-electron chi connectivity index (χ2n) is 6.78. The van der Waals surface area contributed by atoms with Crippen LogP contribution >= 0.6 is 11.6 Å². The van der Waals surface area contributed by atoms with Crippen LogP contribution in [0.2, 0.25) is 5.02 Å². The zero-order valence-electron chi connectivity index (χ0n) is 14.8. The zero-order valence-corrected chi connectivity index (χ0v) is 15.6. The van der Waals surface area contributed by atoms with Gasteiger partial charge in [0.1, 0.15) is 0 Å². The summed E-state index contributed by atoms with van der Waals surface area (Å²) in [6.07, 6.45) is -4.39. The maximum Gasteiger partial charge on any atom is 0.416 e. The monoisotopic (exact) mass is 382 g/mol. The lowest BCUT2D eigenvalue weighted by Crippen LogP contribution is -2.45. The highest BCUT2D eigenvalue weighted by Crippen LogP contribution is 2.39. The summed E-state index contributed by atoms with van der Waals surface area (Å²) >= 11 is 6.38. The molecule has 3 rings (SSSR count). The third-order valence-electron chi connectivity index (χ3n) is 4.85. The standard InChI is InChI=1S/C20H22ClF3N2/c1-13-3-5-16(14(2)11-13)19(26-9-7-25-8-10-26)17-12-15(20(22,23)24)4-6-18(17)21/h3-6,11-12,19,25H,7-10H2,1-2H3. The number of nitrogens with zero attached hydrogens (tertiary/aromatic N) is 1. The van der Waals surface area contributed by atoms with Gasteiger partial charge in [-0.3, -0.25) is 4.90 Å². The van der Waals surface area contributed by atoms with E-state index in [2.05, 4.69) is 16.3 Å². The Morgan fingerprint density at radius 2 is 1.69 bits per heavy atom. The van der Waals surface area contributed by atoms with Gasteiger partial charge in [0.05, 0.1) is 11.6 Å². The lowest BCUT2D eigenvalue weighted by atomic mass is 9.91. The molecule has 2 aromatic carbocycles. The fourth-order valence-electron chi connectivity index (χ4n) is 3.56. The molecule has 0 aliphatic carbocycles. The van der Waals surface area contributed by atoms with Gasteiger partial charge in [-0.1, -0.05) is 35.4 Å². The summed E-state index contributed by atoms with van der Waals surface area (Å²) in [6, 6.07) is 9.38. The molecule has 0 radical (unpaired) electrons. The van der Waals surface area contributed by atoms with Gasteiger partial charge in [-0.05, 0) is 48.7 Å². The first kappa shape index (κ1) is 19.2. The lowest BCUT2D eigenvalue weighted by Gasteiger charge is -2.37.